The van der Waals surface area contributed by atoms with Crippen molar-refractivity contribution in [3.63, 3.8) is 0 Å². The van der Waals surface area contributed by atoms with Crippen molar-refractivity contribution in [2.45, 2.75) is 19.4 Å². The van der Waals surface area contributed by atoms with E-state index < -0.39 is 16.9 Å². The van der Waals surface area contributed by atoms with Crippen molar-refractivity contribution in [2.24, 2.45) is 5.73 Å². The normalized spacial score (nSPS) is 12.5. The Morgan fingerprint density at radius 3 is 2.75 bits per heavy atom. The van der Waals surface area contributed by atoms with Crippen LogP contribution in [0.25, 0.3) is 10.9 Å². The summed E-state index contributed by atoms with van der Waals surface area (Å²) < 4.78 is 0. The lowest BCUT2D eigenvalue weighted by molar-refractivity contribution is -0.383. The predicted octanol–water partition coefficient (Wildman–Crippen LogP) is 0.921. The van der Waals surface area contributed by atoms with Gasteiger partial charge in [-0.1, -0.05) is 0 Å². The third-order valence-electron chi connectivity index (χ3n) is 3.22. The summed E-state index contributed by atoms with van der Waals surface area (Å²) in [5, 5.41) is 20.3. The molecular formula is C12H14N4O4. The van der Waals surface area contributed by atoms with E-state index in [1.165, 1.54) is 12.1 Å². The second-order valence-corrected chi connectivity index (χ2v) is 4.56. The molecule has 1 unspecified atom stereocenters. The summed E-state index contributed by atoms with van der Waals surface area (Å²) in [6, 6.07) is 1.62. The number of fused-ring (bicyclic) bond motifs is 1. The number of hydrogen-bond donors (Lipinski definition) is 4. The molecule has 0 aliphatic rings. The van der Waals surface area contributed by atoms with E-state index in [-0.39, 0.29) is 12.1 Å². The predicted molar refractivity (Wildman–Crippen MR) is 73.4 cm³/mol. The Balaban J connectivity index is 2.70. The maximum absolute atomic E-state index is 11.1. The van der Waals surface area contributed by atoms with Crippen LogP contribution in [0.4, 0.5) is 11.4 Å². The minimum absolute atomic E-state index is 0.00847. The second-order valence-electron chi connectivity index (χ2n) is 4.56. The van der Waals surface area contributed by atoms with E-state index in [1.807, 2.05) is 0 Å². The number of nitrogens with two attached hydrogens (primary N) is 2. The van der Waals surface area contributed by atoms with Crippen molar-refractivity contribution >= 4 is 28.2 Å². The highest BCUT2D eigenvalue weighted by atomic mass is 16.6. The number of non-ortho nitro benzene ring substituents is 1. The van der Waals surface area contributed by atoms with E-state index in [4.69, 9.17) is 16.6 Å². The van der Waals surface area contributed by atoms with Gasteiger partial charge in [0.1, 0.15) is 6.04 Å². The number of aromatic amines is 1. The molecule has 1 aromatic heterocycles. The van der Waals surface area contributed by atoms with Crippen LogP contribution in [0.1, 0.15) is 11.3 Å². The molecular weight excluding hydrogens is 264 g/mol. The molecule has 106 valence electrons. The molecule has 8 nitrogen and oxygen atoms in total. The van der Waals surface area contributed by atoms with Crippen molar-refractivity contribution in [2.75, 3.05) is 5.73 Å². The van der Waals surface area contributed by atoms with E-state index in [0.717, 1.165) is 0 Å². The number of nitrogens with zero attached hydrogens (tertiary/aromatic N) is 1. The summed E-state index contributed by atoms with van der Waals surface area (Å²) in [7, 11) is 0. The average molecular weight is 278 g/mol. The number of carbonyl (C=O) groups is 1. The van der Waals surface area contributed by atoms with Crippen LogP contribution in [-0.2, 0) is 11.2 Å². The smallest absolute Gasteiger partial charge is 0.320 e. The molecule has 0 aliphatic carbocycles. The molecule has 2 rings (SSSR count). The molecule has 20 heavy (non-hydrogen) atoms. The number of carboxylic acid groups (broad SMARTS) is 1. The highest BCUT2D eigenvalue weighted by molar-refractivity contribution is 6.00. The number of benzene rings is 1. The van der Waals surface area contributed by atoms with Crippen LogP contribution in [0.2, 0.25) is 0 Å². The Labute approximate surface area is 113 Å². The zero-order chi connectivity index (χ0) is 15.0. The van der Waals surface area contributed by atoms with Crippen LogP contribution in [0.15, 0.2) is 12.1 Å². The molecule has 0 fully saturated rings. The fourth-order valence-electron chi connectivity index (χ4n) is 2.21. The lowest BCUT2D eigenvalue weighted by Crippen LogP contribution is -2.32. The minimum atomic E-state index is -1.16. The summed E-state index contributed by atoms with van der Waals surface area (Å²) in [6.45, 7) is 1.70. The SMILES string of the molecule is Cc1[nH]c2c(N)ccc([N+](=O)[O-])c2c1CC(N)C(=O)O. The van der Waals surface area contributed by atoms with Crippen LogP contribution >= 0.6 is 0 Å². The highest BCUT2D eigenvalue weighted by Gasteiger charge is 2.24. The molecule has 0 saturated heterocycles. The lowest BCUT2D eigenvalue weighted by atomic mass is 10.0. The van der Waals surface area contributed by atoms with Gasteiger partial charge < -0.3 is 21.6 Å². The Kier molecular flexibility index (Phi) is 3.33. The van der Waals surface area contributed by atoms with Gasteiger partial charge in [-0.15, -0.1) is 0 Å². The van der Waals surface area contributed by atoms with Gasteiger partial charge in [0.25, 0.3) is 5.69 Å². The first-order chi connectivity index (χ1) is 9.32. The summed E-state index contributed by atoms with van der Waals surface area (Å²) >= 11 is 0. The molecule has 0 spiro atoms. The first-order valence-corrected chi connectivity index (χ1v) is 5.85. The number of nitro groups is 1. The third-order valence-corrected chi connectivity index (χ3v) is 3.22. The molecule has 0 amide bonds. The number of anilines is 1. The van der Waals surface area contributed by atoms with Crippen molar-refractivity contribution in [3.05, 3.63) is 33.5 Å². The van der Waals surface area contributed by atoms with Crippen LogP contribution < -0.4 is 11.5 Å². The fraction of sp³-hybridized carbons (Fsp3) is 0.250. The Morgan fingerprint density at radius 1 is 1.55 bits per heavy atom. The van der Waals surface area contributed by atoms with Gasteiger partial charge >= 0.3 is 5.97 Å². The highest BCUT2D eigenvalue weighted by Crippen LogP contribution is 2.34. The largest absolute Gasteiger partial charge is 0.480 e. The fourth-order valence-corrected chi connectivity index (χ4v) is 2.21. The zero-order valence-electron chi connectivity index (χ0n) is 10.7. The Hall–Kier alpha value is -2.61. The molecule has 8 heteroatoms. The van der Waals surface area contributed by atoms with Gasteiger partial charge in [-0.05, 0) is 18.6 Å². The lowest BCUT2D eigenvalue weighted by Gasteiger charge is -2.07. The number of nitro benzene ring substituents is 1. The number of aryl methyl sites for hydroxylation is 1. The van der Waals surface area contributed by atoms with Crippen LogP contribution in [0, 0.1) is 17.0 Å². The average Bonchev–Trinajstić information content (AvgIpc) is 2.68. The first kappa shape index (κ1) is 13.8. The van der Waals surface area contributed by atoms with Crippen LogP contribution in [-0.4, -0.2) is 27.0 Å². The van der Waals surface area contributed by atoms with E-state index in [9.17, 15) is 14.9 Å². The standard InChI is InChI=1S/C12H14N4O4/c1-5-6(4-8(14)12(17)18)10-9(16(19)20)3-2-7(13)11(10)15-5/h2-3,8,15H,4,13-14H2,1H3,(H,17,18). The van der Waals surface area contributed by atoms with Crippen molar-refractivity contribution in [1.82, 2.24) is 4.98 Å². The Morgan fingerprint density at radius 2 is 2.20 bits per heavy atom. The quantitative estimate of drug-likeness (QED) is 0.371. The van der Waals surface area contributed by atoms with Crippen LogP contribution in [0.3, 0.4) is 0 Å². The van der Waals surface area contributed by atoms with Crippen LogP contribution in [0.5, 0.6) is 0 Å². The molecule has 0 aliphatic heterocycles. The summed E-state index contributed by atoms with van der Waals surface area (Å²) in [6.07, 6.45) is -0.00847. The van der Waals surface area contributed by atoms with E-state index in [0.29, 0.717) is 27.8 Å². The molecule has 6 N–H and O–H groups in total. The number of carboxylic acids is 1. The molecule has 1 aromatic carbocycles. The number of aromatic nitrogens is 1. The van der Waals surface area contributed by atoms with Gasteiger partial charge in [0.15, 0.2) is 0 Å². The van der Waals surface area contributed by atoms with E-state index in [2.05, 4.69) is 4.98 Å². The monoisotopic (exact) mass is 278 g/mol. The molecule has 1 atom stereocenters. The second kappa shape index (κ2) is 4.82. The summed E-state index contributed by atoms with van der Waals surface area (Å²) in [4.78, 5) is 24.4. The number of H-pyrrole nitrogens is 1. The number of nitrogens with one attached hydrogen (secondary N) is 1. The number of hydrogen-bond acceptors (Lipinski definition) is 5. The molecule has 0 saturated carbocycles. The summed E-state index contributed by atoms with van der Waals surface area (Å²) in [5.74, 6) is -1.16. The van der Waals surface area contributed by atoms with Gasteiger partial charge in [0.2, 0.25) is 0 Å². The van der Waals surface area contributed by atoms with Crippen molar-refractivity contribution in [1.29, 1.82) is 0 Å². The maximum atomic E-state index is 11.1. The van der Waals surface area contributed by atoms with Crippen molar-refractivity contribution < 1.29 is 14.8 Å². The molecule has 0 radical (unpaired) electrons. The number of nitrogen functional groups attached to an aromatic ring is 1. The number of aliphatic carboxylic acids is 1. The van der Waals surface area contributed by atoms with Gasteiger partial charge in [-0.2, -0.15) is 0 Å². The topological polar surface area (TPSA) is 148 Å². The van der Waals surface area contributed by atoms with E-state index >= 15 is 0 Å². The van der Waals surface area contributed by atoms with Gasteiger partial charge in [0, 0.05) is 18.2 Å². The molecule has 0 bridgehead atoms. The zero-order valence-corrected chi connectivity index (χ0v) is 10.7. The van der Waals surface area contributed by atoms with Gasteiger partial charge in [-0.3, -0.25) is 14.9 Å². The van der Waals surface area contributed by atoms with E-state index in [1.54, 1.807) is 6.92 Å². The maximum Gasteiger partial charge on any atom is 0.320 e. The minimum Gasteiger partial charge on any atom is -0.480 e. The molecule has 1 heterocycles. The first-order valence-electron chi connectivity index (χ1n) is 5.85. The third kappa shape index (κ3) is 2.16. The molecule has 2 aromatic rings. The van der Waals surface area contributed by atoms with Gasteiger partial charge in [0.05, 0.1) is 21.5 Å². The van der Waals surface area contributed by atoms with Crippen molar-refractivity contribution in [3.8, 4) is 0 Å². The Bertz CT molecular complexity index is 707. The van der Waals surface area contributed by atoms with Gasteiger partial charge in [-0.25, -0.2) is 0 Å². The summed E-state index contributed by atoms with van der Waals surface area (Å²) in [5.41, 5.74) is 13.1. The number of rotatable bonds is 4.